The lowest BCUT2D eigenvalue weighted by molar-refractivity contribution is -0.127. The highest BCUT2D eigenvalue weighted by Crippen LogP contribution is 2.38. The van der Waals surface area contributed by atoms with Crippen molar-refractivity contribution in [1.29, 1.82) is 0 Å². The number of methoxy groups -OCH3 is 1. The van der Waals surface area contributed by atoms with Crippen molar-refractivity contribution >= 4 is 56.1 Å². The standard InChI is InChI=1S/C28H28N4O6S/c1-31(2)24(33)17-32(39(4,36)37)21-13-11-20(12-14-21)29-26(18-8-6-5-7-9-18)25-22-15-10-19(28(35)38-3)16-23(22)30-27(25)34/h5-16,29H,17H2,1-4H3,(H,30,34)/b26-25-. The van der Waals surface area contributed by atoms with Crippen LogP contribution in [0.3, 0.4) is 0 Å². The van der Waals surface area contributed by atoms with Crippen LogP contribution in [-0.4, -0.2) is 65.1 Å². The molecule has 0 aliphatic carbocycles. The molecular weight excluding hydrogens is 520 g/mol. The summed E-state index contributed by atoms with van der Waals surface area (Å²) in [4.78, 5) is 38.7. The fourth-order valence-electron chi connectivity index (χ4n) is 4.07. The Morgan fingerprint density at radius 1 is 0.949 bits per heavy atom. The van der Waals surface area contributed by atoms with Crippen molar-refractivity contribution in [1.82, 2.24) is 4.90 Å². The quantitative estimate of drug-likeness (QED) is 0.327. The normalized spacial score (nSPS) is 13.7. The second-order valence-electron chi connectivity index (χ2n) is 9.05. The second kappa shape index (κ2) is 11.0. The van der Waals surface area contributed by atoms with Gasteiger partial charge in [-0.1, -0.05) is 36.4 Å². The highest BCUT2D eigenvalue weighted by atomic mass is 32.2. The lowest BCUT2D eigenvalue weighted by Gasteiger charge is -2.24. The zero-order chi connectivity index (χ0) is 28.3. The van der Waals surface area contributed by atoms with Crippen molar-refractivity contribution in [3.8, 4) is 0 Å². The van der Waals surface area contributed by atoms with Gasteiger partial charge in [-0.3, -0.25) is 13.9 Å². The maximum atomic E-state index is 13.2. The van der Waals surface area contributed by atoms with Crippen LogP contribution < -0.4 is 14.9 Å². The van der Waals surface area contributed by atoms with Gasteiger partial charge in [-0.15, -0.1) is 0 Å². The Morgan fingerprint density at radius 3 is 2.21 bits per heavy atom. The van der Waals surface area contributed by atoms with Crippen LogP contribution >= 0.6 is 0 Å². The summed E-state index contributed by atoms with van der Waals surface area (Å²) < 4.78 is 30.6. The Labute approximate surface area is 226 Å². The van der Waals surface area contributed by atoms with Gasteiger partial charge in [0.15, 0.2) is 0 Å². The van der Waals surface area contributed by atoms with Gasteiger partial charge in [0.1, 0.15) is 6.54 Å². The molecule has 0 atom stereocenters. The zero-order valence-corrected chi connectivity index (χ0v) is 22.7. The van der Waals surface area contributed by atoms with Crippen LogP contribution in [0.2, 0.25) is 0 Å². The molecule has 0 fully saturated rings. The average molecular weight is 549 g/mol. The number of anilines is 3. The number of likely N-dealkylation sites (N-methyl/N-ethyl adjacent to an activating group) is 1. The molecule has 0 radical (unpaired) electrons. The van der Waals surface area contributed by atoms with Crippen molar-refractivity contribution in [3.63, 3.8) is 0 Å². The van der Waals surface area contributed by atoms with E-state index in [2.05, 4.69) is 10.6 Å². The minimum Gasteiger partial charge on any atom is -0.465 e. The Kier molecular flexibility index (Phi) is 7.73. The first-order valence-corrected chi connectivity index (χ1v) is 13.7. The summed E-state index contributed by atoms with van der Waals surface area (Å²) in [5.74, 6) is -1.22. The molecule has 3 aromatic carbocycles. The summed E-state index contributed by atoms with van der Waals surface area (Å²) in [6.07, 6.45) is 1.04. The van der Waals surface area contributed by atoms with Crippen LogP contribution in [0.25, 0.3) is 11.3 Å². The van der Waals surface area contributed by atoms with Crippen LogP contribution in [0.1, 0.15) is 21.5 Å². The van der Waals surface area contributed by atoms with E-state index in [1.807, 2.05) is 30.3 Å². The summed E-state index contributed by atoms with van der Waals surface area (Å²) >= 11 is 0. The number of carbonyl (C=O) groups is 3. The number of benzene rings is 3. The number of hydrogen-bond donors (Lipinski definition) is 2. The summed E-state index contributed by atoms with van der Waals surface area (Å²) in [5.41, 5.74) is 3.96. The Balaban J connectivity index is 1.74. The first-order chi connectivity index (χ1) is 18.5. The average Bonchev–Trinajstić information content (AvgIpc) is 3.24. The van der Waals surface area contributed by atoms with Gasteiger partial charge < -0.3 is 20.3 Å². The third-order valence-electron chi connectivity index (χ3n) is 6.10. The molecule has 2 amide bonds. The highest BCUT2D eigenvalue weighted by molar-refractivity contribution is 7.92. The number of nitrogens with zero attached hydrogens (tertiary/aromatic N) is 2. The molecule has 4 rings (SSSR count). The predicted molar refractivity (Wildman–Crippen MR) is 151 cm³/mol. The Hall–Kier alpha value is -4.64. The van der Waals surface area contributed by atoms with Gasteiger partial charge in [-0.05, 0) is 42.0 Å². The first kappa shape index (κ1) is 27.4. The molecule has 0 bridgehead atoms. The van der Waals surface area contributed by atoms with Crippen LogP contribution in [0, 0.1) is 0 Å². The molecule has 0 aromatic heterocycles. The summed E-state index contributed by atoms with van der Waals surface area (Å²) in [5, 5.41) is 6.12. The van der Waals surface area contributed by atoms with E-state index >= 15 is 0 Å². The molecule has 0 spiro atoms. The van der Waals surface area contributed by atoms with E-state index in [0.29, 0.717) is 39.5 Å². The number of nitrogens with one attached hydrogen (secondary N) is 2. The van der Waals surface area contributed by atoms with Crippen LogP contribution in [0.4, 0.5) is 17.1 Å². The fourth-order valence-corrected chi connectivity index (χ4v) is 4.92. The number of rotatable bonds is 8. The van der Waals surface area contributed by atoms with E-state index in [-0.39, 0.29) is 18.4 Å². The molecule has 1 aliphatic rings. The number of esters is 1. The largest absolute Gasteiger partial charge is 0.465 e. The van der Waals surface area contributed by atoms with Gasteiger partial charge in [-0.2, -0.15) is 0 Å². The fraction of sp³-hybridized carbons (Fsp3) is 0.179. The van der Waals surface area contributed by atoms with Crippen LogP contribution in [0.5, 0.6) is 0 Å². The van der Waals surface area contributed by atoms with Gasteiger partial charge >= 0.3 is 5.97 Å². The van der Waals surface area contributed by atoms with Crippen LogP contribution in [-0.2, 0) is 24.3 Å². The topological polar surface area (TPSA) is 125 Å². The molecule has 0 saturated carbocycles. The lowest BCUT2D eigenvalue weighted by atomic mass is 9.99. The number of sulfonamides is 1. The molecule has 11 heteroatoms. The molecule has 202 valence electrons. The molecule has 0 saturated heterocycles. The van der Waals surface area contributed by atoms with Crippen molar-refractivity contribution in [3.05, 3.63) is 89.5 Å². The second-order valence-corrected chi connectivity index (χ2v) is 11.0. The van der Waals surface area contributed by atoms with E-state index in [1.165, 1.54) is 12.0 Å². The molecule has 10 nitrogen and oxygen atoms in total. The molecule has 1 heterocycles. The number of fused-ring (bicyclic) bond motifs is 1. The van der Waals surface area contributed by atoms with Gasteiger partial charge in [0, 0.05) is 25.3 Å². The predicted octanol–water partition coefficient (Wildman–Crippen LogP) is 3.26. The summed E-state index contributed by atoms with van der Waals surface area (Å²) in [6, 6.07) is 20.6. The molecule has 2 N–H and O–H groups in total. The van der Waals surface area contributed by atoms with E-state index < -0.39 is 16.0 Å². The number of hydrogen-bond acceptors (Lipinski definition) is 7. The Bertz CT molecular complexity index is 1570. The van der Waals surface area contributed by atoms with Gasteiger partial charge in [0.05, 0.1) is 41.6 Å². The number of ether oxygens (including phenoxy) is 1. The molecular formula is C28H28N4O6S. The van der Waals surface area contributed by atoms with Crippen molar-refractivity contribution in [2.75, 3.05) is 48.9 Å². The first-order valence-electron chi connectivity index (χ1n) is 11.9. The van der Waals surface area contributed by atoms with Crippen molar-refractivity contribution in [2.45, 2.75) is 0 Å². The number of amides is 2. The molecule has 39 heavy (non-hydrogen) atoms. The van der Waals surface area contributed by atoms with E-state index in [4.69, 9.17) is 4.74 Å². The lowest BCUT2D eigenvalue weighted by Crippen LogP contribution is -2.39. The molecule has 1 aliphatic heterocycles. The minimum atomic E-state index is -3.72. The smallest absolute Gasteiger partial charge is 0.337 e. The van der Waals surface area contributed by atoms with Crippen molar-refractivity contribution in [2.24, 2.45) is 0 Å². The third kappa shape index (κ3) is 5.93. The number of carbonyl (C=O) groups excluding carboxylic acids is 3. The SMILES string of the molecule is COC(=O)c1ccc2c(c1)NC(=O)/C2=C(\Nc1ccc(N(CC(=O)N(C)C)S(C)(=O)=O)cc1)c1ccccc1. The van der Waals surface area contributed by atoms with Crippen molar-refractivity contribution < 1.29 is 27.5 Å². The van der Waals surface area contributed by atoms with Gasteiger partial charge in [0.2, 0.25) is 15.9 Å². The van der Waals surface area contributed by atoms with Gasteiger partial charge in [-0.25, -0.2) is 13.2 Å². The third-order valence-corrected chi connectivity index (χ3v) is 7.24. The summed E-state index contributed by atoms with van der Waals surface area (Å²) in [7, 11) is 0.684. The maximum Gasteiger partial charge on any atom is 0.337 e. The highest BCUT2D eigenvalue weighted by Gasteiger charge is 2.29. The van der Waals surface area contributed by atoms with Crippen LogP contribution in [0.15, 0.2) is 72.8 Å². The molecule has 0 unspecified atom stereocenters. The van der Waals surface area contributed by atoms with E-state index in [9.17, 15) is 22.8 Å². The van der Waals surface area contributed by atoms with Gasteiger partial charge in [0.25, 0.3) is 5.91 Å². The summed E-state index contributed by atoms with van der Waals surface area (Å²) in [6.45, 7) is -0.331. The Morgan fingerprint density at radius 2 is 1.62 bits per heavy atom. The maximum absolute atomic E-state index is 13.2. The van der Waals surface area contributed by atoms with E-state index in [1.54, 1.807) is 56.6 Å². The monoisotopic (exact) mass is 548 g/mol. The minimum absolute atomic E-state index is 0.311. The zero-order valence-electron chi connectivity index (χ0n) is 21.9. The van der Waals surface area contributed by atoms with E-state index in [0.717, 1.165) is 16.1 Å². The molecule has 3 aromatic rings.